The molecule has 17 heavy (non-hydrogen) atoms. The highest BCUT2D eigenvalue weighted by Crippen LogP contribution is 2.47. The number of hydrogen-bond donors (Lipinski definition) is 1. The Morgan fingerprint density at radius 2 is 1.82 bits per heavy atom. The Hall–Kier alpha value is -0.490. The van der Waals surface area contributed by atoms with Gasteiger partial charge < -0.3 is 19.3 Å². The van der Waals surface area contributed by atoms with Crippen LogP contribution in [0.15, 0.2) is 0 Å². The van der Waals surface area contributed by atoms with Gasteiger partial charge in [-0.25, -0.2) is 0 Å². The summed E-state index contributed by atoms with van der Waals surface area (Å²) in [6.07, 6.45) is 1.33. The first-order chi connectivity index (χ1) is 8.17. The molecule has 1 N–H and O–H groups in total. The molecule has 2 unspecified atom stereocenters. The smallest absolute Gasteiger partial charge is 0.177 e. The maximum absolute atomic E-state index is 11.6. The van der Waals surface area contributed by atoms with E-state index in [1.54, 1.807) is 14.2 Å². The van der Waals surface area contributed by atoms with Gasteiger partial charge in [0.25, 0.3) is 0 Å². The molecule has 0 amide bonds. The van der Waals surface area contributed by atoms with Gasteiger partial charge in [-0.15, -0.1) is 0 Å². The fourth-order valence-electron chi connectivity index (χ4n) is 3.31. The number of rotatable bonds is 4. The zero-order chi connectivity index (χ0) is 12.5. The summed E-state index contributed by atoms with van der Waals surface area (Å²) in [7, 11) is 3.28. The highest BCUT2D eigenvalue weighted by Gasteiger charge is 2.54. The maximum Gasteiger partial charge on any atom is 0.177 e. The molecule has 2 aliphatic rings. The van der Waals surface area contributed by atoms with Gasteiger partial charge in [-0.1, -0.05) is 0 Å². The van der Waals surface area contributed by atoms with Crippen molar-refractivity contribution < 1.29 is 24.1 Å². The molecule has 0 radical (unpaired) electrons. The average molecular weight is 244 g/mol. The van der Waals surface area contributed by atoms with Gasteiger partial charge in [0, 0.05) is 32.0 Å². The van der Waals surface area contributed by atoms with E-state index in [2.05, 4.69) is 0 Å². The lowest BCUT2D eigenvalue weighted by atomic mass is 9.68. The summed E-state index contributed by atoms with van der Waals surface area (Å²) >= 11 is 0. The number of carbonyl (C=O) groups excluding carboxylic acids is 1. The van der Waals surface area contributed by atoms with E-state index in [4.69, 9.17) is 19.3 Å². The minimum atomic E-state index is -0.621. The monoisotopic (exact) mass is 244 g/mol. The van der Waals surface area contributed by atoms with E-state index in [1.165, 1.54) is 0 Å². The van der Waals surface area contributed by atoms with Crippen LogP contribution in [-0.4, -0.2) is 50.7 Å². The third-order valence-electron chi connectivity index (χ3n) is 4.16. The molecule has 1 aliphatic heterocycles. The molecule has 2 bridgehead atoms. The predicted molar refractivity (Wildman–Crippen MR) is 59.4 cm³/mol. The Labute approximate surface area is 101 Å². The number of hydrogen-bond acceptors (Lipinski definition) is 5. The van der Waals surface area contributed by atoms with E-state index in [1.807, 2.05) is 0 Å². The van der Waals surface area contributed by atoms with Gasteiger partial charge in [-0.3, -0.25) is 4.79 Å². The zero-order valence-electron chi connectivity index (χ0n) is 10.3. The highest BCUT2D eigenvalue weighted by atomic mass is 16.7. The average Bonchev–Trinajstić information content (AvgIpc) is 2.35. The molecule has 0 aromatic rings. The number of ketones is 1. The lowest BCUT2D eigenvalue weighted by Gasteiger charge is -2.52. The molecule has 5 nitrogen and oxygen atoms in total. The van der Waals surface area contributed by atoms with Crippen molar-refractivity contribution in [2.45, 2.75) is 18.6 Å². The van der Waals surface area contributed by atoms with Crippen molar-refractivity contribution in [3.8, 4) is 0 Å². The van der Waals surface area contributed by atoms with E-state index >= 15 is 0 Å². The molecule has 1 aliphatic carbocycles. The Bertz CT molecular complexity index is 271. The Kier molecular flexibility index (Phi) is 3.82. The number of carbonyl (C=O) groups is 1. The van der Waals surface area contributed by atoms with Crippen LogP contribution in [0.3, 0.4) is 0 Å². The van der Waals surface area contributed by atoms with E-state index in [9.17, 15) is 4.79 Å². The van der Waals surface area contributed by atoms with Crippen LogP contribution in [0.4, 0.5) is 0 Å². The molecule has 1 saturated heterocycles. The summed E-state index contributed by atoms with van der Waals surface area (Å²) in [6.45, 7) is 0.721. The molecule has 5 heteroatoms. The quantitative estimate of drug-likeness (QED) is 0.716. The van der Waals surface area contributed by atoms with E-state index in [0.717, 1.165) is 0 Å². The maximum atomic E-state index is 11.6. The van der Waals surface area contributed by atoms with Crippen molar-refractivity contribution >= 4 is 5.78 Å². The normalized spacial score (nSPS) is 35.6. The van der Waals surface area contributed by atoms with Gasteiger partial charge >= 0.3 is 0 Å². The lowest BCUT2D eigenvalue weighted by molar-refractivity contribution is -0.322. The van der Waals surface area contributed by atoms with Gasteiger partial charge in [-0.05, 0) is 12.8 Å². The third kappa shape index (κ3) is 2.01. The molecular formula is C12H20O5. The number of aliphatic hydroxyl groups is 1. The van der Waals surface area contributed by atoms with Crippen LogP contribution in [0.5, 0.6) is 0 Å². The van der Waals surface area contributed by atoms with Gasteiger partial charge in [-0.2, -0.15) is 0 Å². The van der Waals surface area contributed by atoms with Crippen LogP contribution in [-0.2, 0) is 19.0 Å². The van der Waals surface area contributed by atoms with Crippen LogP contribution in [0.25, 0.3) is 0 Å². The fraction of sp³-hybridized carbons (Fsp3) is 0.917. The van der Waals surface area contributed by atoms with Gasteiger partial charge in [0.2, 0.25) is 0 Å². The number of aliphatic hydroxyl groups excluding tert-OH is 1. The first-order valence-electron chi connectivity index (χ1n) is 5.99. The fourth-order valence-corrected chi connectivity index (χ4v) is 3.31. The van der Waals surface area contributed by atoms with Crippen LogP contribution in [0, 0.1) is 17.8 Å². The molecule has 1 saturated carbocycles. The summed E-state index contributed by atoms with van der Waals surface area (Å²) in [4.78, 5) is 11.6. The molecule has 0 aromatic carbocycles. The first kappa shape index (κ1) is 13.0. The largest absolute Gasteiger partial charge is 0.389 e. The zero-order valence-corrected chi connectivity index (χ0v) is 10.3. The van der Waals surface area contributed by atoms with Gasteiger partial charge in [0.15, 0.2) is 11.6 Å². The van der Waals surface area contributed by atoms with Crippen molar-refractivity contribution in [2.24, 2.45) is 17.8 Å². The van der Waals surface area contributed by atoms with Crippen LogP contribution < -0.4 is 0 Å². The molecule has 0 aromatic heterocycles. The third-order valence-corrected chi connectivity index (χ3v) is 4.16. The molecule has 2 fully saturated rings. The lowest BCUT2D eigenvalue weighted by Crippen LogP contribution is -2.59. The predicted octanol–water partition coefficient (Wildman–Crippen LogP) is 0.209. The van der Waals surface area contributed by atoms with Gasteiger partial charge in [0.05, 0.1) is 13.2 Å². The molecule has 1 heterocycles. The first-order valence-corrected chi connectivity index (χ1v) is 5.99. The van der Waals surface area contributed by atoms with Gasteiger partial charge in [0.1, 0.15) is 6.61 Å². The minimum absolute atomic E-state index is 0.0606. The van der Waals surface area contributed by atoms with Crippen LogP contribution in [0.1, 0.15) is 12.8 Å². The minimum Gasteiger partial charge on any atom is -0.389 e. The summed E-state index contributed by atoms with van der Waals surface area (Å²) in [5.74, 6) is -0.666. The number of ether oxygens (including phenoxy) is 3. The number of Topliss-reactive ketones (excluding diaryl/α,β-unsaturated/α-hetero) is 1. The molecular weight excluding hydrogens is 224 g/mol. The standard InChI is InChI=1S/C12H20O5/c1-15-12(16-2)9-3-8(11(14)5-13)4-10(12)7-17-6-9/h8-10,13H,3-7H2,1-2H3. The van der Waals surface area contributed by atoms with Crippen molar-refractivity contribution in [3.63, 3.8) is 0 Å². The Balaban J connectivity index is 2.19. The van der Waals surface area contributed by atoms with Crippen molar-refractivity contribution in [3.05, 3.63) is 0 Å². The van der Waals surface area contributed by atoms with Crippen molar-refractivity contribution in [2.75, 3.05) is 34.0 Å². The molecule has 0 spiro atoms. The topological polar surface area (TPSA) is 65.0 Å². The van der Waals surface area contributed by atoms with E-state index < -0.39 is 5.79 Å². The highest BCUT2D eigenvalue weighted by molar-refractivity contribution is 5.82. The van der Waals surface area contributed by atoms with Crippen molar-refractivity contribution in [1.29, 1.82) is 0 Å². The summed E-state index contributed by atoms with van der Waals surface area (Å²) in [5.41, 5.74) is 0. The summed E-state index contributed by atoms with van der Waals surface area (Å²) in [6, 6.07) is 0. The molecule has 2 rings (SSSR count). The number of methoxy groups -OCH3 is 2. The summed E-state index contributed by atoms with van der Waals surface area (Å²) < 4.78 is 16.7. The summed E-state index contributed by atoms with van der Waals surface area (Å²) in [5, 5.41) is 8.95. The molecule has 98 valence electrons. The second-order valence-electron chi connectivity index (χ2n) is 4.85. The SMILES string of the molecule is COC1(OC)C2COCC1CC(C(=O)CO)C2. The van der Waals surface area contributed by atoms with E-state index in [0.29, 0.717) is 26.1 Å². The van der Waals surface area contributed by atoms with Crippen LogP contribution in [0.2, 0.25) is 0 Å². The van der Waals surface area contributed by atoms with Crippen molar-refractivity contribution in [1.82, 2.24) is 0 Å². The number of fused-ring (bicyclic) bond motifs is 2. The Morgan fingerprint density at radius 3 is 2.24 bits per heavy atom. The second kappa shape index (κ2) is 5.02. The second-order valence-corrected chi connectivity index (χ2v) is 4.85. The van der Waals surface area contributed by atoms with Crippen LogP contribution >= 0.6 is 0 Å². The van der Waals surface area contributed by atoms with E-state index in [-0.39, 0.29) is 30.1 Å². The molecule has 2 atom stereocenters. The Morgan fingerprint density at radius 1 is 1.29 bits per heavy atom.